The summed E-state index contributed by atoms with van der Waals surface area (Å²) in [6.07, 6.45) is 3.69. The Morgan fingerprint density at radius 1 is 1.25 bits per heavy atom. The largest absolute Gasteiger partial charge is 0.349 e. The van der Waals surface area contributed by atoms with E-state index < -0.39 is 10.0 Å². The number of amides is 1. The molecule has 9 heteroatoms. The summed E-state index contributed by atoms with van der Waals surface area (Å²) in [7, 11) is -0.607. The van der Waals surface area contributed by atoms with Gasteiger partial charge in [0.1, 0.15) is 10.6 Å². The van der Waals surface area contributed by atoms with Gasteiger partial charge < -0.3 is 9.88 Å². The van der Waals surface area contributed by atoms with Gasteiger partial charge in [-0.05, 0) is 56.7 Å². The summed E-state index contributed by atoms with van der Waals surface area (Å²) in [4.78, 5) is 15.1. The van der Waals surface area contributed by atoms with Crippen molar-refractivity contribution in [1.29, 1.82) is 0 Å². The summed E-state index contributed by atoms with van der Waals surface area (Å²) < 4.78 is 27.7. The maximum atomic E-state index is 12.7. The molecule has 1 fully saturated rings. The van der Waals surface area contributed by atoms with Gasteiger partial charge in [0.15, 0.2) is 0 Å². The molecule has 1 aromatic heterocycles. The first kappa shape index (κ1) is 20.9. The van der Waals surface area contributed by atoms with Crippen molar-refractivity contribution in [1.82, 2.24) is 19.5 Å². The monoisotopic (exact) mass is 424 g/mol. The number of carbonyl (C=O) groups excluding carboxylic acids is 1. The Bertz CT molecular complexity index is 952. The quantitative estimate of drug-likeness (QED) is 0.713. The highest BCUT2D eigenvalue weighted by Gasteiger charge is 2.25. The third-order valence-corrected chi connectivity index (χ3v) is 6.68. The lowest BCUT2D eigenvalue weighted by Gasteiger charge is -2.28. The van der Waals surface area contributed by atoms with Gasteiger partial charge in [-0.2, -0.15) is 0 Å². The Labute approximate surface area is 170 Å². The average molecular weight is 425 g/mol. The fourth-order valence-electron chi connectivity index (χ4n) is 3.53. The van der Waals surface area contributed by atoms with Crippen LogP contribution < -0.4 is 10.0 Å². The highest BCUT2D eigenvalue weighted by molar-refractivity contribution is 7.89. The van der Waals surface area contributed by atoms with Crippen LogP contribution in [0, 0.1) is 0 Å². The number of nitrogens with one attached hydrogen (secondary N) is 2. The van der Waals surface area contributed by atoms with Gasteiger partial charge in [-0.15, -0.1) is 0 Å². The van der Waals surface area contributed by atoms with Crippen LogP contribution in [0.3, 0.4) is 0 Å². The minimum Gasteiger partial charge on any atom is -0.349 e. The maximum absolute atomic E-state index is 12.7. The number of nitrogens with zero attached hydrogens (tertiary/aromatic N) is 2. The van der Waals surface area contributed by atoms with Crippen LogP contribution in [0.1, 0.15) is 34.9 Å². The van der Waals surface area contributed by atoms with E-state index in [0.717, 1.165) is 31.5 Å². The van der Waals surface area contributed by atoms with Crippen molar-refractivity contribution in [2.45, 2.75) is 23.8 Å². The Balaban J connectivity index is 1.77. The molecule has 2 heterocycles. The van der Waals surface area contributed by atoms with E-state index in [1.54, 1.807) is 7.05 Å². The van der Waals surface area contributed by atoms with Crippen molar-refractivity contribution >= 4 is 27.5 Å². The number of likely N-dealkylation sites (tertiary alicyclic amines) is 1. The van der Waals surface area contributed by atoms with E-state index >= 15 is 0 Å². The standard InChI is InChI=1S/C19H25ClN4O3S/c1-21-28(26,27)16-11-17(23(2)13-16)19(25)22-12-18(24-8-3-4-9-24)14-6-5-7-15(20)10-14/h5-7,10-11,13,18,21H,3-4,8-9,12H2,1-2H3,(H,22,25). The number of benzene rings is 1. The Hall–Kier alpha value is -1.87. The third-order valence-electron chi connectivity index (χ3n) is 5.06. The molecule has 1 unspecified atom stereocenters. The Morgan fingerprint density at radius 2 is 1.96 bits per heavy atom. The molecule has 1 saturated heterocycles. The summed E-state index contributed by atoms with van der Waals surface area (Å²) in [5, 5.41) is 3.62. The smallest absolute Gasteiger partial charge is 0.268 e. The highest BCUT2D eigenvalue weighted by atomic mass is 35.5. The van der Waals surface area contributed by atoms with E-state index in [1.165, 1.54) is 23.9 Å². The third kappa shape index (κ3) is 4.57. The first-order chi connectivity index (χ1) is 13.3. The lowest BCUT2D eigenvalue weighted by Crippen LogP contribution is -2.37. The normalized spacial score (nSPS) is 16.2. The number of hydrogen-bond donors (Lipinski definition) is 2. The van der Waals surface area contributed by atoms with Crippen LogP contribution in [0.2, 0.25) is 5.02 Å². The summed E-state index contributed by atoms with van der Waals surface area (Å²) in [5.74, 6) is -0.314. The zero-order valence-electron chi connectivity index (χ0n) is 16.0. The van der Waals surface area contributed by atoms with E-state index in [2.05, 4.69) is 14.9 Å². The van der Waals surface area contributed by atoms with Crippen LogP contribution in [0.15, 0.2) is 41.4 Å². The molecular formula is C19H25ClN4O3S. The minimum absolute atomic E-state index is 0.0194. The summed E-state index contributed by atoms with van der Waals surface area (Å²) >= 11 is 6.16. The molecule has 0 spiro atoms. The second kappa shape index (κ2) is 8.65. The Morgan fingerprint density at radius 3 is 2.61 bits per heavy atom. The van der Waals surface area contributed by atoms with Crippen molar-refractivity contribution in [3.8, 4) is 0 Å². The minimum atomic E-state index is -3.60. The van der Waals surface area contributed by atoms with E-state index in [-0.39, 0.29) is 16.8 Å². The first-order valence-electron chi connectivity index (χ1n) is 9.19. The van der Waals surface area contributed by atoms with Gasteiger partial charge in [-0.3, -0.25) is 9.69 Å². The lowest BCUT2D eigenvalue weighted by atomic mass is 10.1. The zero-order chi connectivity index (χ0) is 20.3. The molecule has 1 amide bonds. The molecule has 0 saturated carbocycles. The second-order valence-corrected chi connectivity index (χ2v) is 9.23. The molecule has 0 aliphatic carbocycles. The number of hydrogen-bond acceptors (Lipinski definition) is 4. The first-order valence-corrected chi connectivity index (χ1v) is 11.1. The number of aryl methyl sites for hydroxylation is 1. The second-order valence-electron chi connectivity index (χ2n) is 6.90. The van der Waals surface area contributed by atoms with E-state index in [4.69, 9.17) is 11.6 Å². The molecule has 1 atom stereocenters. The predicted octanol–water partition coefficient (Wildman–Crippen LogP) is 2.15. The molecule has 1 aromatic carbocycles. The zero-order valence-corrected chi connectivity index (χ0v) is 17.6. The van der Waals surface area contributed by atoms with Crippen molar-refractivity contribution < 1.29 is 13.2 Å². The summed E-state index contributed by atoms with van der Waals surface area (Å²) in [5.41, 5.74) is 1.35. The van der Waals surface area contributed by atoms with Gasteiger partial charge in [0.25, 0.3) is 5.91 Å². The van der Waals surface area contributed by atoms with E-state index in [1.807, 2.05) is 24.3 Å². The fraction of sp³-hybridized carbons (Fsp3) is 0.421. The summed E-state index contributed by atoms with van der Waals surface area (Å²) in [6.45, 7) is 2.36. The molecule has 2 N–H and O–H groups in total. The van der Waals surface area contributed by atoms with E-state index in [0.29, 0.717) is 17.3 Å². The lowest BCUT2D eigenvalue weighted by molar-refractivity contribution is 0.0929. The molecule has 7 nitrogen and oxygen atoms in total. The van der Waals surface area contributed by atoms with Crippen molar-refractivity contribution in [2.24, 2.45) is 7.05 Å². The van der Waals surface area contributed by atoms with Gasteiger partial charge in [-0.25, -0.2) is 13.1 Å². The van der Waals surface area contributed by atoms with Gasteiger partial charge in [0.05, 0.1) is 6.04 Å². The molecule has 1 aliphatic rings. The highest BCUT2D eigenvalue weighted by Crippen LogP contribution is 2.26. The number of carbonyl (C=O) groups is 1. The van der Waals surface area contributed by atoms with Crippen molar-refractivity contribution in [3.05, 3.63) is 52.8 Å². The van der Waals surface area contributed by atoms with Crippen molar-refractivity contribution in [3.63, 3.8) is 0 Å². The maximum Gasteiger partial charge on any atom is 0.268 e. The van der Waals surface area contributed by atoms with Crippen molar-refractivity contribution in [2.75, 3.05) is 26.7 Å². The van der Waals surface area contributed by atoms with Gasteiger partial charge in [0, 0.05) is 24.8 Å². The number of halogens is 1. The topological polar surface area (TPSA) is 83.4 Å². The fourth-order valence-corrected chi connectivity index (χ4v) is 4.53. The predicted molar refractivity (Wildman–Crippen MR) is 109 cm³/mol. The summed E-state index contributed by atoms with van der Waals surface area (Å²) in [6, 6.07) is 9.09. The van der Waals surface area contributed by atoms with Crippen LogP contribution in [-0.4, -0.2) is 50.5 Å². The molecule has 2 aromatic rings. The number of sulfonamides is 1. The molecule has 3 rings (SSSR count). The van der Waals surface area contributed by atoms with Crippen LogP contribution in [0.5, 0.6) is 0 Å². The molecule has 152 valence electrons. The van der Waals surface area contributed by atoms with Crippen LogP contribution in [-0.2, 0) is 17.1 Å². The van der Waals surface area contributed by atoms with Crippen LogP contribution in [0.4, 0.5) is 0 Å². The molecule has 1 aliphatic heterocycles. The van der Waals surface area contributed by atoms with Gasteiger partial charge in [-0.1, -0.05) is 23.7 Å². The van der Waals surface area contributed by atoms with Crippen LogP contribution >= 0.6 is 11.6 Å². The van der Waals surface area contributed by atoms with Crippen LogP contribution in [0.25, 0.3) is 0 Å². The van der Waals surface area contributed by atoms with Gasteiger partial charge in [0.2, 0.25) is 10.0 Å². The van der Waals surface area contributed by atoms with E-state index in [9.17, 15) is 13.2 Å². The molecule has 0 bridgehead atoms. The molecule has 28 heavy (non-hydrogen) atoms. The van der Waals surface area contributed by atoms with Gasteiger partial charge >= 0.3 is 0 Å². The Kier molecular flexibility index (Phi) is 6.44. The molecule has 0 radical (unpaired) electrons. The molecular weight excluding hydrogens is 400 g/mol. The average Bonchev–Trinajstić information content (AvgIpc) is 3.32. The number of aromatic nitrogens is 1. The number of rotatable bonds is 7. The SMILES string of the molecule is CNS(=O)(=O)c1cc(C(=O)NCC(c2cccc(Cl)c2)N2CCCC2)n(C)c1.